The van der Waals surface area contributed by atoms with Gasteiger partial charge in [-0.3, -0.25) is 14.2 Å². The van der Waals surface area contributed by atoms with Crippen LogP contribution in [0.2, 0.25) is 0 Å². The number of nitrogens with one attached hydrogen (secondary N) is 1. The van der Waals surface area contributed by atoms with E-state index in [1.54, 1.807) is 28.5 Å². The van der Waals surface area contributed by atoms with Crippen LogP contribution in [0.1, 0.15) is 23.7 Å². The SMILES string of the molecule is Cc1cc(C)cc(-n2c(SCC(=O)Nc3ccccc3F)nc3c(c2=O)SC(C)C3)c1. The van der Waals surface area contributed by atoms with Crippen LogP contribution in [0.3, 0.4) is 0 Å². The van der Waals surface area contributed by atoms with Gasteiger partial charge < -0.3 is 5.32 Å². The molecule has 5 nitrogen and oxygen atoms in total. The highest BCUT2D eigenvalue weighted by Crippen LogP contribution is 2.35. The fourth-order valence-corrected chi connectivity index (χ4v) is 5.51. The molecule has 4 rings (SSSR count). The second kappa shape index (κ2) is 8.88. The van der Waals surface area contributed by atoms with E-state index in [1.165, 1.54) is 23.9 Å². The summed E-state index contributed by atoms with van der Waals surface area (Å²) < 4.78 is 15.4. The van der Waals surface area contributed by atoms with Crippen molar-refractivity contribution in [2.75, 3.05) is 11.1 Å². The van der Waals surface area contributed by atoms with Gasteiger partial charge in [-0.15, -0.1) is 11.8 Å². The van der Waals surface area contributed by atoms with Gasteiger partial charge in [0.1, 0.15) is 5.82 Å². The number of anilines is 1. The molecule has 3 aromatic rings. The molecule has 0 spiro atoms. The number of carbonyl (C=O) groups excluding carboxylic acids is 1. The monoisotopic (exact) mass is 455 g/mol. The summed E-state index contributed by atoms with van der Waals surface area (Å²) in [4.78, 5) is 31.2. The Bertz CT molecular complexity index is 1210. The average Bonchev–Trinajstić information content (AvgIpc) is 3.08. The Morgan fingerprint density at radius 1 is 1.26 bits per heavy atom. The summed E-state index contributed by atoms with van der Waals surface area (Å²) in [6, 6.07) is 11.9. The highest BCUT2D eigenvalue weighted by Gasteiger charge is 2.27. The van der Waals surface area contributed by atoms with Gasteiger partial charge in [0.25, 0.3) is 5.56 Å². The molecule has 0 saturated carbocycles. The molecule has 1 aromatic heterocycles. The molecule has 31 heavy (non-hydrogen) atoms. The summed E-state index contributed by atoms with van der Waals surface area (Å²) >= 11 is 2.72. The summed E-state index contributed by atoms with van der Waals surface area (Å²) in [5.74, 6) is -0.846. The third kappa shape index (κ3) is 4.70. The van der Waals surface area contributed by atoms with Gasteiger partial charge in [-0.2, -0.15) is 0 Å². The number of aryl methyl sites for hydroxylation is 2. The number of amides is 1. The second-order valence-electron chi connectivity index (χ2n) is 7.61. The van der Waals surface area contributed by atoms with Crippen LogP contribution >= 0.6 is 23.5 Å². The van der Waals surface area contributed by atoms with Gasteiger partial charge in [0, 0.05) is 11.7 Å². The van der Waals surface area contributed by atoms with Crippen LogP contribution in [0.4, 0.5) is 10.1 Å². The van der Waals surface area contributed by atoms with Gasteiger partial charge in [-0.25, -0.2) is 9.37 Å². The number of hydrogen-bond acceptors (Lipinski definition) is 5. The van der Waals surface area contributed by atoms with Crippen molar-refractivity contribution in [2.45, 2.75) is 42.5 Å². The lowest BCUT2D eigenvalue weighted by Crippen LogP contribution is -2.25. The minimum atomic E-state index is -0.491. The molecule has 2 heterocycles. The third-order valence-corrected chi connectivity index (χ3v) is 6.98. The smallest absolute Gasteiger partial charge is 0.272 e. The Morgan fingerprint density at radius 2 is 1.97 bits per heavy atom. The molecule has 0 aliphatic carbocycles. The number of halogens is 1. The van der Waals surface area contributed by atoms with Crippen LogP contribution < -0.4 is 10.9 Å². The molecule has 160 valence electrons. The van der Waals surface area contributed by atoms with Crippen molar-refractivity contribution < 1.29 is 9.18 Å². The van der Waals surface area contributed by atoms with Gasteiger partial charge in [0.15, 0.2) is 5.16 Å². The third-order valence-electron chi connectivity index (χ3n) is 4.83. The first kappa shape index (κ1) is 21.6. The Hall–Kier alpha value is -2.58. The summed E-state index contributed by atoms with van der Waals surface area (Å²) in [6.07, 6.45) is 0.720. The standard InChI is InChI=1S/C23H22FN3O2S2/c1-13-8-14(2)10-16(9-13)27-22(29)21-19(11-15(3)31-21)26-23(27)30-12-20(28)25-18-7-5-4-6-17(18)24/h4-10,15H,11-12H2,1-3H3,(H,25,28). The van der Waals surface area contributed by atoms with Crippen molar-refractivity contribution in [1.29, 1.82) is 0 Å². The summed E-state index contributed by atoms with van der Waals surface area (Å²) in [5, 5.41) is 3.33. The van der Waals surface area contributed by atoms with Gasteiger partial charge in [0.05, 0.1) is 27.7 Å². The van der Waals surface area contributed by atoms with Crippen molar-refractivity contribution in [3.05, 3.63) is 75.5 Å². The van der Waals surface area contributed by atoms with Gasteiger partial charge in [0.2, 0.25) is 5.91 Å². The average molecular weight is 456 g/mol. The van der Waals surface area contributed by atoms with Crippen LogP contribution in [0.5, 0.6) is 0 Å². The molecular weight excluding hydrogens is 433 g/mol. The maximum atomic E-state index is 13.8. The van der Waals surface area contributed by atoms with Crippen molar-refractivity contribution in [2.24, 2.45) is 0 Å². The maximum Gasteiger partial charge on any atom is 0.272 e. The van der Waals surface area contributed by atoms with Crippen LogP contribution in [0.15, 0.2) is 57.3 Å². The largest absolute Gasteiger partial charge is 0.323 e. The van der Waals surface area contributed by atoms with Crippen LogP contribution in [0.25, 0.3) is 5.69 Å². The molecule has 1 unspecified atom stereocenters. The number of thioether (sulfide) groups is 2. The normalized spacial score (nSPS) is 15.0. The first-order valence-corrected chi connectivity index (χ1v) is 11.8. The Balaban J connectivity index is 1.67. The number of hydrogen-bond donors (Lipinski definition) is 1. The van der Waals surface area contributed by atoms with E-state index in [4.69, 9.17) is 4.98 Å². The zero-order valence-corrected chi connectivity index (χ0v) is 19.1. The molecular formula is C23H22FN3O2S2. The fourth-order valence-electron chi connectivity index (χ4n) is 3.58. The molecule has 0 fully saturated rings. The van der Waals surface area contributed by atoms with Crippen molar-refractivity contribution >= 4 is 35.1 Å². The number of carbonyl (C=O) groups is 1. The zero-order valence-electron chi connectivity index (χ0n) is 17.4. The number of benzene rings is 2. The second-order valence-corrected chi connectivity index (χ2v) is 10.00. The first-order chi connectivity index (χ1) is 14.8. The number of fused-ring (bicyclic) bond motifs is 1. The maximum absolute atomic E-state index is 13.8. The Kier molecular flexibility index (Phi) is 6.20. The minimum Gasteiger partial charge on any atom is -0.323 e. The van der Waals surface area contributed by atoms with E-state index in [2.05, 4.69) is 12.2 Å². The quantitative estimate of drug-likeness (QED) is 0.444. The number of rotatable bonds is 5. The minimum absolute atomic E-state index is 0.00700. The van der Waals surface area contributed by atoms with E-state index in [1.807, 2.05) is 32.0 Å². The number of para-hydroxylation sites is 1. The van der Waals surface area contributed by atoms with Crippen LogP contribution in [-0.2, 0) is 11.2 Å². The zero-order chi connectivity index (χ0) is 22.1. The summed E-state index contributed by atoms with van der Waals surface area (Å²) in [5.41, 5.74) is 3.61. The molecule has 2 aromatic carbocycles. The molecule has 1 amide bonds. The molecule has 0 radical (unpaired) electrons. The molecule has 1 atom stereocenters. The fraction of sp³-hybridized carbons (Fsp3) is 0.261. The molecule has 1 N–H and O–H groups in total. The lowest BCUT2D eigenvalue weighted by atomic mass is 10.1. The van der Waals surface area contributed by atoms with E-state index >= 15 is 0 Å². The Labute approximate surface area is 188 Å². The highest BCUT2D eigenvalue weighted by molar-refractivity contribution is 8.00. The topological polar surface area (TPSA) is 64.0 Å². The first-order valence-electron chi connectivity index (χ1n) is 9.90. The molecule has 1 aliphatic heterocycles. The molecule has 0 bridgehead atoms. The highest BCUT2D eigenvalue weighted by atomic mass is 32.2. The Morgan fingerprint density at radius 3 is 2.68 bits per heavy atom. The van der Waals surface area contributed by atoms with E-state index < -0.39 is 5.82 Å². The van der Waals surface area contributed by atoms with Gasteiger partial charge >= 0.3 is 0 Å². The molecule has 1 aliphatic rings. The summed E-state index contributed by atoms with van der Waals surface area (Å²) in [6.45, 7) is 6.03. The van der Waals surface area contributed by atoms with Crippen LogP contribution in [-0.4, -0.2) is 26.5 Å². The lowest BCUT2D eigenvalue weighted by molar-refractivity contribution is -0.113. The van der Waals surface area contributed by atoms with E-state index in [0.29, 0.717) is 10.1 Å². The lowest BCUT2D eigenvalue weighted by Gasteiger charge is -2.15. The van der Waals surface area contributed by atoms with E-state index in [-0.39, 0.29) is 28.2 Å². The van der Waals surface area contributed by atoms with Crippen molar-refractivity contribution in [3.63, 3.8) is 0 Å². The van der Waals surface area contributed by atoms with E-state index in [0.717, 1.165) is 28.9 Å². The predicted octanol–water partition coefficient (Wildman–Crippen LogP) is 4.76. The number of aromatic nitrogens is 2. The van der Waals surface area contributed by atoms with Crippen molar-refractivity contribution in [1.82, 2.24) is 9.55 Å². The molecule has 8 heteroatoms. The number of nitrogens with zero attached hydrogens (tertiary/aromatic N) is 2. The van der Waals surface area contributed by atoms with Gasteiger partial charge in [-0.05, 0) is 49.2 Å². The molecule has 0 saturated heterocycles. The van der Waals surface area contributed by atoms with Crippen molar-refractivity contribution in [3.8, 4) is 5.69 Å². The van der Waals surface area contributed by atoms with Gasteiger partial charge in [-0.1, -0.05) is 36.9 Å². The summed E-state index contributed by atoms with van der Waals surface area (Å²) in [7, 11) is 0. The predicted molar refractivity (Wildman–Crippen MR) is 124 cm³/mol. The van der Waals surface area contributed by atoms with E-state index in [9.17, 15) is 14.0 Å². The van der Waals surface area contributed by atoms with Crippen LogP contribution in [0, 0.1) is 19.7 Å².